The highest BCUT2D eigenvalue weighted by Gasteiger charge is 2.33. The summed E-state index contributed by atoms with van der Waals surface area (Å²) in [5.41, 5.74) is 2.11. The quantitative estimate of drug-likeness (QED) is 0.360. The molecule has 0 unspecified atom stereocenters. The molecule has 0 spiro atoms. The Labute approximate surface area is 217 Å². The van der Waals surface area contributed by atoms with E-state index in [-0.39, 0.29) is 35.6 Å². The molecular weight excluding hydrogens is 494 g/mol. The van der Waals surface area contributed by atoms with Crippen LogP contribution < -0.4 is 16.2 Å². The molecule has 0 aliphatic heterocycles. The van der Waals surface area contributed by atoms with Gasteiger partial charge in [0.15, 0.2) is 0 Å². The summed E-state index contributed by atoms with van der Waals surface area (Å²) in [5.74, 6) is -0.489. The summed E-state index contributed by atoms with van der Waals surface area (Å²) in [6, 6.07) is 11.5. The molecule has 190 valence electrons. The van der Waals surface area contributed by atoms with Crippen molar-refractivity contribution in [2.24, 2.45) is 0 Å². The Morgan fingerprint density at radius 1 is 1.05 bits per heavy atom. The lowest BCUT2D eigenvalue weighted by Crippen LogP contribution is -2.55. The summed E-state index contributed by atoms with van der Waals surface area (Å²) in [7, 11) is 1.65. The molecule has 0 saturated heterocycles. The topological polar surface area (TPSA) is 118 Å². The van der Waals surface area contributed by atoms with E-state index >= 15 is 0 Å². The van der Waals surface area contributed by atoms with Crippen molar-refractivity contribution < 1.29 is 14.3 Å². The SMILES string of the molecule is CO[C@@H]1CC[C@@H](NC(=O)c2ccc3c(Cl)c[nH]c3c2)[C@@H](NC(=O)c2ccc(-n3ccncc3=O)cc2)C1. The lowest BCUT2D eigenvalue weighted by atomic mass is 9.87. The molecule has 1 aliphatic carbocycles. The van der Waals surface area contributed by atoms with Crippen LogP contribution in [0.2, 0.25) is 5.02 Å². The Balaban J connectivity index is 1.30. The fourth-order valence-corrected chi connectivity index (χ4v) is 4.97. The molecule has 2 aromatic carbocycles. The number of aromatic nitrogens is 3. The molecular formula is C27H26ClN5O4. The number of hydrogen-bond acceptors (Lipinski definition) is 5. The van der Waals surface area contributed by atoms with E-state index in [2.05, 4.69) is 20.6 Å². The molecule has 2 heterocycles. The second kappa shape index (κ2) is 10.6. The average Bonchev–Trinajstić information content (AvgIpc) is 3.29. The number of nitrogens with zero attached hydrogens (tertiary/aromatic N) is 2. The highest BCUT2D eigenvalue weighted by Crippen LogP contribution is 2.25. The van der Waals surface area contributed by atoms with Gasteiger partial charge in [-0.25, -0.2) is 0 Å². The fourth-order valence-electron chi connectivity index (χ4n) is 4.75. The molecule has 2 aromatic heterocycles. The third kappa shape index (κ3) is 5.28. The van der Waals surface area contributed by atoms with Crippen molar-refractivity contribution in [3.63, 3.8) is 0 Å². The van der Waals surface area contributed by atoms with Crippen molar-refractivity contribution in [3.05, 3.63) is 93.8 Å². The molecule has 1 fully saturated rings. The van der Waals surface area contributed by atoms with Gasteiger partial charge in [-0.1, -0.05) is 17.7 Å². The Hall–Kier alpha value is -3.95. The van der Waals surface area contributed by atoms with Crippen LogP contribution in [0.3, 0.4) is 0 Å². The van der Waals surface area contributed by atoms with Crippen molar-refractivity contribution in [2.75, 3.05) is 7.11 Å². The highest BCUT2D eigenvalue weighted by molar-refractivity contribution is 6.35. The molecule has 3 N–H and O–H groups in total. The number of nitrogens with one attached hydrogen (secondary N) is 3. The van der Waals surface area contributed by atoms with Crippen LogP contribution in [0.25, 0.3) is 16.6 Å². The molecule has 4 aromatic rings. The van der Waals surface area contributed by atoms with Crippen LogP contribution >= 0.6 is 11.6 Å². The monoisotopic (exact) mass is 519 g/mol. The Morgan fingerprint density at radius 2 is 1.78 bits per heavy atom. The molecule has 0 radical (unpaired) electrons. The summed E-state index contributed by atoms with van der Waals surface area (Å²) in [6.07, 6.45) is 8.00. The number of hydrogen-bond donors (Lipinski definition) is 3. The first-order valence-corrected chi connectivity index (χ1v) is 12.3. The predicted octanol–water partition coefficient (Wildman–Crippen LogP) is 3.46. The fraction of sp³-hybridized carbons (Fsp3) is 0.259. The zero-order valence-electron chi connectivity index (χ0n) is 20.1. The number of fused-ring (bicyclic) bond motifs is 1. The van der Waals surface area contributed by atoms with Gasteiger partial charge in [0.05, 0.1) is 23.4 Å². The molecule has 0 bridgehead atoms. The average molecular weight is 520 g/mol. The van der Waals surface area contributed by atoms with Crippen LogP contribution in [0.15, 0.2) is 72.0 Å². The van der Waals surface area contributed by atoms with Gasteiger partial charge in [0.25, 0.3) is 17.4 Å². The van der Waals surface area contributed by atoms with Gasteiger partial charge in [-0.2, -0.15) is 0 Å². The maximum atomic E-state index is 13.1. The van der Waals surface area contributed by atoms with Crippen LogP contribution in [0.1, 0.15) is 40.0 Å². The van der Waals surface area contributed by atoms with Crippen LogP contribution in [-0.4, -0.2) is 51.6 Å². The first kappa shape index (κ1) is 24.7. The van der Waals surface area contributed by atoms with Gasteiger partial charge >= 0.3 is 0 Å². The van der Waals surface area contributed by atoms with E-state index in [4.69, 9.17) is 16.3 Å². The van der Waals surface area contributed by atoms with E-state index in [0.29, 0.717) is 34.7 Å². The van der Waals surface area contributed by atoms with Gasteiger partial charge in [-0.3, -0.25) is 23.9 Å². The van der Waals surface area contributed by atoms with Crippen LogP contribution in [0.4, 0.5) is 0 Å². The first-order valence-electron chi connectivity index (χ1n) is 12.0. The maximum Gasteiger partial charge on any atom is 0.273 e. The van der Waals surface area contributed by atoms with Crippen LogP contribution in [0, 0.1) is 0 Å². The van der Waals surface area contributed by atoms with Crippen LogP contribution in [0.5, 0.6) is 0 Å². The lowest BCUT2D eigenvalue weighted by molar-refractivity contribution is 0.0444. The van der Waals surface area contributed by atoms with E-state index in [9.17, 15) is 14.4 Å². The summed E-state index contributed by atoms with van der Waals surface area (Å²) >= 11 is 6.15. The molecule has 3 atom stereocenters. The van der Waals surface area contributed by atoms with E-state index in [1.54, 1.807) is 55.9 Å². The number of rotatable bonds is 6. The number of methoxy groups -OCH3 is 1. The zero-order chi connectivity index (χ0) is 25.9. The van der Waals surface area contributed by atoms with Gasteiger partial charge in [-0.15, -0.1) is 0 Å². The normalized spacial score (nSPS) is 19.5. The third-order valence-electron chi connectivity index (χ3n) is 6.79. The Bertz CT molecular complexity index is 1500. The maximum absolute atomic E-state index is 13.1. The van der Waals surface area contributed by atoms with E-state index in [1.807, 2.05) is 6.07 Å². The van der Waals surface area contributed by atoms with Gasteiger partial charge < -0.3 is 20.4 Å². The van der Waals surface area contributed by atoms with Crippen molar-refractivity contribution in [1.29, 1.82) is 0 Å². The number of H-pyrrole nitrogens is 1. The van der Waals surface area contributed by atoms with E-state index < -0.39 is 0 Å². The summed E-state index contributed by atoms with van der Waals surface area (Å²) in [4.78, 5) is 45.1. The van der Waals surface area contributed by atoms with Crippen molar-refractivity contribution in [1.82, 2.24) is 25.2 Å². The number of halogens is 1. The van der Waals surface area contributed by atoms with Gasteiger partial charge in [0.2, 0.25) is 0 Å². The van der Waals surface area contributed by atoms with Gasteiger partial charge in [-0.05, 0) is 55.7 Å². The van der Waals surface area contributed by atoms with Crippen molar-refractivity contribution in [3.8, 4) is 5.69 Å². The van der Waals surface area contributed by atoms with E-state index in [0.717, 1.165) is 17.3 Å². The number of carbonyl (C=O) groups excluding carboxylic acids is 2. The number of carbonyl (C=O) groups is 2. The molecule has 1 aliphatic rings. The number of ether oxygens (including phenoxy) is 1. The molecule has 5 rings (SSSR count). The standard InChI is InChI=1S/C27H26ClN5O4/c1-37-19-7-9-22(31-27(36)17-4-8-20-21(28)14-30-23(20)12-17)24(13-19)32-26(35)16-2-5-18(6-3-16)33-11-10-29-15-25(33)34/h2-6,8,10-12,14-15,19,22,24,30H,7,9,13H2,1H3,(H,31,36)(H,32,35)/t19-,22-,24+/m1/s1. The minimum Gasteiger partial charge on any atom is -0.381 e. The van der Waals surface area contributed by atoms with Crippen molar-refractivity contribution in [2.45, 2.75) is 37.5 Å². The summed E-state index contributed by atoms with van der Waals surface area (Å²) < 4.78 is 7.00. The smallest absolute Gasteiger partial charge is 0.273 e. The molecule has 37 heavy (non-hydrogen) atoms. The second-order valence-corrected chi connectivity index (χ2v) is 9.47. The van der Waals surface area contributed by atoms with E-state index in [1.165, 1.54) is 17.0 Å². The second-order valence-electron chi connectivity index (χ2n) is 9.06. The first-order chi connectivity index (χ1) is 17.9. The lowest BCUT2D eigenvalue weighted by Gasteiger charge is -2.36. The predicted molar refractivity (Wildman–Crippen MR) is 140 cm³/mol. The van der Waals surface area contributed by atoms with Gasteiger partial charge in [0, 0.05) is 59.5 Å². The summed E-state index contributed by atoms with van der Waals surface area (Å²) in [5, 5.41) is 7.62. The van der Waals surface area contributed by atoms with Crippen LogP contribution in [-0.2, 0) is 4.74 Å². The third-order valence-corrected chi connectivity index (χ3v) is 7.11. The van der Waals surface area contributed by atoms with Gasteiger partial charge in [0.1, 0.15) is 0 Å². The Kier molecular flexibility index (Phi) is 7.07. The highest BCUT2D eigenvalue weighted by atomic mass is 35.5. The largest absolute Gasteiger partial charge is 0.381 e. The molecule has 10 heteroatoms. The van der Waals surface area contributed by atoms with Crippen molar-refractivity contribution >= 4 is 34.3 Å². The number of aromatic amines is 1. The number of amides is 2. The molecule has 1 saturated carbocycles. The minimum atomic E-state index is -0.318. The molecule has 9 nitrogen and oxygen atoms in total. The summed E-state index contributed by atoms with van der Waals surface area (Å²) in [6.45, 7) is 0. The Morgan fingerprint density at radius 3 is 2.54 bits per heavy atom. The minimum absolute atomic E-state index is 0.0168. The zero-order valence-corrected chi connectivity index (χ0v) is 20.9. The molecule has 2 amide bonds. The number of benzene rings is 2.